The van der Waals surface area contributed by atoms with Crippen molar-refractivity contribution in [3.8, 4) is 0 Å². The molecule has 0 atom stereocenters. The molecule has 0 bridgehead atoms. The first-order chi connectivity index (χ1) is 9.15. The van der Waals surface area contributed by atoms with E-state index < -0.39 is 5.54 Å². The molecule has 3 rings (SSSR count). The summed E-state index contributed by atoms with van der Waals surface area (Å²) in [6.45, 7) is 2.07. The van der Waals surface area contributed by atoms with E-state index in [1.165, 1.54) is 6.42 Å². The molecule has 3 nitrogen and oxygen atoms in total. The van der Waals surface area contributed by atoms with Gasteiger partial charge >= 0.3 is 0 Å². The van der Waals surface area contributed by atoms with Crippen LogP contribution in [-0.4, -0.2) is 16.6 Å². The average molecular weight is 274 g/mol. The van der Waals surface area contributed by atoms with E-state index in [0.717, 1.165) is 36.9 Å². The summed E-state index contributed by atoms with van der Waals surface area (Å²) in [5.74, 6) is 0.0838. The molecule has 1 N–H and O–H groups in total. The average Bonchev–Trinajstić information content (AvgIpc) is 2.63. The molecule has 0 radical (unpaired) electrons. The lowest BCUT2D eigenvalue weighted by atomic mass is 9.80. The lowest BCUT2D eigenvalue weighted by Crippen LogP contribution is -2.51. The molecule has 2 fully saturated rings. The van der Waals surface area contributed by atoms with Gasteiger partial charge in [0.1, 0.15) is 5.54 Å². The molecule has 0 aromatic heterocycles. The first-order valence-electron chi connectivity index (χ1n) is 6.86. The molecule has 1 aromatic carbocycles. The van der Waals surface area contributed by atoms with Crippen LogP contribution in [0.5, 0.6) is 0 Å². The van der Waals surface area contributed by atoms with Gasteiger partial charge in [-0.15, -0.1) is 0 Å². The SMILES string of the molecule is Cc1ccccc1N1C(=S)NC(=O)C12CCCCC2. The van der Waals surface area contributed by atoms with Crippen LogP contribution in [0.4, 0.5) is 5.69 Å². The monoisotopic (exact) mass is 274 g/mol. The fraction of sp³-hybridized carbons (Fsp3) is 0.467. The zero-order valence-electron chi connectivity index (χ0n) is 11.1. The minimum Gasteiger partial charge on any atom is -0.303 e. The Morgan fingerprint density at radius 1 is 1.21 bits per heavy atom. The maximum atomic E-state index is 12.4. The van der Waals surface area contributed by atoms with Gasteiger partial charge in [0.25, 0.3) is 5.91 Å². The number of aryl methyl sites for hydroxylation is 1. The fourth-order valence-electron chi connectivity index (χ4n) is 3.31. The van der Waals surface area contributed by atoms with Crippen LogP contribution < -0.4 is 10.2 Å². The van der Waals surface area contributed by atoms with Crippen LogP contribution in [0.1, 0.15) is 37.7 Å². The Balaban J connectivity index is 2.09. The Morgan fingerprint density at radius 2 is 1.89 bits per heavy atom. The number of hydrogen-bond donors (Lipinski definition) is 1. The number of amides is 1. The summed E-state index contributed by atoms with van der Waals surface area (Å²) in [5.41, 5.74) is 1.78. The van der Waals surface area contributed by atoms with Crippen molar-refractivity contribution >= 4 is 28.9 Å². The molecule has 19 heavy (non-hydrogen) atoms. The molecule has 0 unspecified atom stereocenters. The maximum Gasteiger partial charge on any atom is 0.252 e. The van der Waals surface area contributed by atoms with Gasteiger partial charge in [-0.05, 0) is 43.6 Å². The number of anilines is 1. The van der Waals surface area contributed by atoms with Crippen molar-refractivity contribution in [2.45, 2.75) is 44.6 Å². The van der Waals surface area contributed by atoms with E-state index >= 15 is 0 Å². The van der Waals surface area contributed by atoms with E-state index in [1.807, 2.05) is 12.1 Å². The van der Waals surface area contributed by atoms with Crippen molar-refractivity contribution in [2.24, 2.45) is 0 Å². The third kappa shape index (κ3) is 1.86. The summed E-state index contributed by atoms with van der Waals surface area (Å²) < 4.78 is 0. The molecule has 1 saturated heterocycles. The second-order valence-electron chi connectivity index (χ2n) is 5.47. The van der Waals surface area contributed by atoms with Crippen LogP contribution in [0.25, 0.3) is 0 Å². The number of benzene rings is 1. The molecule has 1 heterocycles. The highest BCUT2D eigenvalue weighted by atomic mass is 32.1. The summed E-state index contributed by atoms with van der Waals surface area (Å²) in [7, 11) is 0. The Bertz CT molecular complexity index is 535. The molecule has 1 aliphatic carbocycles. The number of nitrogens with one attached hydrogen (secondary N) is 1. The maximum absolute atomic E-state index is 12.4. The van der Waals surface area contributed by atoms with Gasteiger partial charge in [0.05, 0.1) is 0 Å². The third-order valence-electron chi connectivity index (χ3n) is 4.31. The fourth-order valence-corrected chi connectivity index (χ4v) is 3.67. The van der Waals surface area contributed by atoms with Gasteiger partial charge in [-0.25, -0.2) is 0 Å². The Labute approximate surface area is 119 Å². The number of rotatable bonds is 1. The number of hydrogen-bond acceptors (Lipinski definition) is 2. The van der Waals surface area contributed by atoms with E-state index in [-0.39, 0.29) is 5.91 Å². The Kier molecular flexibility index (Phi) is 3.05. The van der Waals surface area contributed by atoms with Gasteiger partial charge in [0.15, 0.2) is 5.11 Å². The van der Waals surface area contributed by atoms with Crippen molar-refractivity contribution < 1.29 is 4.79 Å². The summed E-state index contributed by atoms with van der Waals surface area (Å²) in [4.78, 5) is 14.5. The normalized spacial score (nSPS) is 21.8. The standard InChI is InChI=1S/C15H18N2OS/c1-11-7-3-4-8-12(11)17-14(19)16-13(18)15(17)9-5-2-6-10-15/h3-4,7-8H,2,5-6,9-10H2,1H3,(H,16,18,19). The zero-order chi connectivity index (χ0) is 13.5. The van der Waals surface area contributed by atoms with Crippen molar-refractivity contribution in [3.63, 3.8) is 0 Å². The van der Waals surface area contributed by atoms with Crippen molar-refractivity contribution in [1.82, 2.24) is 5.32 Å². The second-order valence-corrected chi connectivity index (χ2v) is 5.86. The molecular formula is C15H18N2OS. The number of carbonyl (C=O) groups is 1. The minimum absolute atomic E-state index is 0.0838. The first kappa shape index (κ1) is 12.6. The van der Waals surface area contributed by atoms with E-state index in [2.05, 4.69) is 29.3 Å². The highest BCUT2D eigenvalue weighted by Crippen LogP contribution is 2.41. The van der Waals surface area contributed by atoms with E-state index in [4.69, 9.17) is 12.2 Å². The molecule has 1 saturated carbocycles. The van der Waals surface area contributed by atoms with Gasteiger partial charge in [0.2, 0.25) is 0 Å². The zero-order valence-corrected chi connectivity index (χ0v) is 11.9. The molecule has 1 amide bonds. The smallest absolute Gasteiger partial charge is 0.252 e. The number of carbonyl (C=O) groups excluding carboxylic acids is 1. The van der Waals surface area contributed by atoms with Gasteiger partial charge in [-0.1, -0.05) is 37.5 Å². The van der Waals surface area contributed by atoms with Gasteiger partial charge in [-0.3, -0.25) is 4.79 Å². The van der Waals surface area contributed by atoms with Gasteiger partial charge in [0, 0.05) is 5.69 Å². The largest absolute Gasteiger partial charge is 0.303 e. The summed E-state index contributed by atoms with van der Waals surface area (Å²) in [6, 6.07) is 8.14. The highest BCUT2D eigenvalue weighted by Gasteiger charge is 2.52. The topological polar surface area (TPSA) is 32.3 Å². The number of para-hydroxylation sites is 1. The van der Waals surface area contributed by atoms with Crippen LogP contribution in [0.15, 0.2) is 24.3 Å². The Hall–Kier alpha value is -1.42. The molecule has 1 aliphatic heterocycles. The molecular weight excluding hydrogens is 256 g/mol. The predicted molar refractivity (Wildman–Crippen MR) is 80.2 cm³/mol. The van der Waals surface area contributed by atoms with E-state index in [1.54, 1.807) is 0 Å². The van der Waals surface area contributed by atoms with Crippen LogP contribution in [0, 0.1) is 6.92 Å². The van der Waals surface area contributed by atoms with Crippen LogP contribution >= 0.6 is 12.2 Å². The summed E-state index contributed by atoms with van der Waals surface area (Å²) in [5, 5.41) is 3.43. The second kappa shape index (κ2) is 4.60. The molecule has 4 heteroatoms. The Morgan fingerprint density at radius 3 is 2.58 bits per heavy atom. The van der Waals surface area contributed by atoms with Crippen LogP contribution in [-0.2, 0) is 4.79 Å². The van der Waals surface area contributed by atoms with Crippen molar-refractivity contribution in [3.05, 3.63) is 29.8 Å². The summed E-state index contributed by atoms with van der Waals surface area (Å²) >= 11 is 5.41. The van der Waals surface area contributed by atoms with Crippen molar-refractivity contribution in [1.29, 1.82) is 0 Å². The van der Waals surface area contributed by atoms with Gasteiger partial charge < -0.3 is 10.2 Å². The van der Waals surface area contributed by atoms with E-state index in [0.29, 0.717) is 5.11 Å². The van der Waals surface area contributed by atoms with Crippen molar-refractivity contribution in [2.75, 3.05) is 4.90 Å². The predicted octanol–water partition coefficient (Wildman–Crippen LogP) is 2.92. The molecule has 1 aromatic rings. The first-order valence-corrected chi connectivity index (χ1v) is 7.27. The lowest BCUT2D eigenvalue weighted by Gasteiger charge is -2.39. The quantitative estimate of drug-likeness (QED) is 0.799. The minimum atomic E-state index is -0.443. The number of thiocarbonyl (C=S) groups is 1. The highest BCUT2D eigenvalue weighted by molar-refractivity contribution is 7.80. The third-order valence-corrected chi connectivity index (χ3v) is 4.60. The number of nitrogens with zero attached hydrogens (tertiary/aromatic N) is 1. The summed E-state index contributed by atoms with van der Waals surface area (Å²) in [6.07, 6.45) is 5.20. The lowest BCUT2D eigenvalue weighted by molar-refractivity contribution is -0.124. The van der Waals surface area contributed by atoms with Crippen LogP contribution in [0.3, 0.4) is 0 Å². The van der Waals surface area contributed by atoms with E-state index in [9.17, 15) is 4.79 Å². The van der Waals surface area contributed by atoms with Crippen LogP contribution in [0.2, 0.25) is 0 Å². The molecule has 100 valence electrons. The molecule has 2 aliphatic rings. The van der Waals surface area contributed by atoms with Gasteiger partial charge in [-0.2, -0.15) is 0 Å². The molecule has 1 spiro atoms.